The summed E-state index contributed by atoms with van der Waals surface area (Å²) in [6, 6.07) is 6.98. The second-order valence-corrected chi connectivity index (χ2v) is 6.84. The number of nitrogens with one attached hydrogen (secondary N) is 1. The number of carbonyl (C=O) groups is 1. The summed E-state index contributed by atoms with van der Waals surface area (Å²) in [5, 5.41) is 2.72. The number of likely N-dealkylation sites (tertiary alicyclic amines) is 1. The lowest BCUT2D eigenvalue weighted by molar-refractivity contribution is -0.137. The van der Waals surface area contributed by atoms with Gasteiger partial charge in [-0.25, -0.2) is 15.0 Å². The number of carbonyl (C=O) groups excluding carboxylic acids is 1. The lowest BCUT2D eigenvalue weighted by Gasteiger charge is -2.16. The molecule has 10 heteroatoms. The Morgan fingerprint density at radius 1 is 1.13 bits per heavy atom. The average molecular weight is 414 g/mol. The summed E-state index contributed by atoms with van der Waals surface area (Å²) in [5.74, 6) is 0.0629. The zero-order chi connectivity index (χ0) is 21.1. The number of aromatic nitrogens is 4. The first-order valence-electron chi connectivity index (χ1n) is 9.22. The van der Waals surface area contributed by atoms with Gasteiger partial charge in [0.15, 0.2) is 0 Å². The van der Waals surface area contributed by atoms with Crippen molar-refractivity contribution in [3.05, 3.63) is 71.9 Å². The van der Waals surface area contributed by atoms with Crippen LogP contribution in [0.1, 0.15) is 34.0 Å². The summed E-state index contributed by atoms with van der Waals surface area (Å²) in [5.41, 5.74) is 0.427. The lowest BCUT2D eigenvalue weighted by Crippen LogP contribution is -2.28. The van der Waals surface area contributed by atoms with Gasteiger partial charge >= 0.3 is 6.18 Å². The molecule has 1 aliphatic heterocycles. The molecule has 1 saturated heterocycles. The molecule has 154 valence electrons. The molecule has 0 saturated carbocycles. The predicted molar refractivity (Wildman–Crippen MR) is 102 cm³/mol. The maximum Gasteiger partial charge on any atom is 0.416 e. The van der Waals surface area contributed by atoms with Crippen LogP contribution in [0.25, 0.3) is 0 Å². The molecular weight excluding hydrogens is 397 g/mol. The van der Waals surface area contributed by atoms with Gasteiger partial charge in [0.1, 0.15) is 5.82 Å². The molecular formula is C20H17F3N6O. The van der Waals surface area contributed by atoms with Crippen molar-refractivity contribution in [2.75, 3.05) is 18.4 Å². The van der Waals surface area contributed by atoms with E-state index in [4.69, 9.17) is 0 Å². The molecule has 1 atom stereocenters. The van der Waals surface area contributed by atoms with Crippen molar-refractivity contribution in [1.29, 1.82) is 0 Å². The number of hydrogen-bond acceptors (Lipinski definition) is 6. The predicted octanol–water partition coefficient (Wildman–Crippen LogP) is 3.66. The number of hydrogen-bond donors (Lipinski definition) is 1. The van der Waals surface area contributed by atoms with Crippen LogP contribution in [0.4, 0.5) is 24.9 Å². The van der Waals surface area contributed by atoms with E-state index in [1.807, 2.05) is 0 Å². The van der Waals surface area contributed by atoms with Gasteiger partial charge in [0.2, 0.25) is 5.95 Å². The third-order valence-electron chi connectivity index (χ3n) is 4.81. The first-order valence-corrected chi connectivity index (χ1v) is 9.22. The fraction of sp³-hybridized carbons (Fsp3) is 0.250. The molecule has 3 aromatic rings. The minimum absolute atomic E-state index is 0.00165. The van der Waals surface area contributed by atoms with Crippen molar-refractivity contribution < 1.29 is 18.0 Å². The second-order valence-electron chi connectivity index (χ2n) is 6.84. The summed E-state index contributed by atoms with van der Waals surface area (Å²) >= 11 is 0. The van der Waals surface area contributed by atoms with Crippen LogP contribution >= 0.6 is 0 Å². The van der Waals surface area contributed by atoms with Gasteiger partial charge in [0, 0.05) is 43.8 Å². The van der Waals surface area contributed by atoms with E-state index in [1.165, 1.54) is 12.4 Å². The summed E-state index contributed by atoms with van der Waals surface area (Å²) in [6.07, 6.45) is 2.01. The molecule has 30 heavy (non-hydrogen) atoms. The van der Waals surface area contributed by atoms with Crippen molar-refractivity contribution in [2.24, 2.45) is 0 Å². The Kier molecular flexibility index (Phi) is 5.30. The van der Waals surface area contributed by atoms with Crippen LogP contribution < -0.4 is 5.32 Å². The van der Waals surface area contributed by atoms with E-state index in [-0.39, 0.29) is 23.6 Å². The van der Waals surface area contributed by atoms with Crippen molar-refractivity contribution in [3.8, 4) is 0 Å². The Morgan fingerprint density at radius 2 is 1.97 bits per heavy atom. The molecule has 7 nitrogen and oxygen atoms in total. The van der Waals surface area contributed by atoms with Gasteiger partial charge in [-0.05, 0) is 36.8 Å². The standard InChI is InChI=1S/C20H17F3N6O/c21-20(22,23)15-3-7-25-17(10-15)28-19-26-8-4-16(27-19)14-5-9-29(12-14)18(30)13-2-1-6-24-11-13/h1-4,6-8,10-11,14H,5,9,12H2,(H,25,26,27,28)/t14-/m0/s1. The van der Waals surface area contributed by atoms with Crippen LogP contribution in [0, 0.1) is 0 Å². The highest BCUT2D eigenvalue weighted by atomic mass is 19.4. The third kappa shape index (κ3) is 4.37. The first-order chi connectivity index (χ1) is 14.4. The molecule has 4 heterocycles. The zero-order valence-corrected chi connectivity index (χ0v) is 15.7. The minimum Gasteiger partial charge on any atom is -0.338 e. The van der Waals surface area contributed by atoms with Crippen LogP contribution in [-0.4, -0.2) is 43.8 Å². The van der Waals surface area contributed by atoms with Crippen molar-refractivity contribution >= 4 is 17.7 Å². The SMILES string of the molecule is O=C(c1cccnc1)N1CC[C@H](c2ccnc(Nc3cc(C(F)(F)F)ccn3)n2)C1. The van der Waals surface area contributed by atoms with Crippen LogP contribution in [0.3, 0.4) is 0 Å². The Hall–Kier alpha value is -3.56. The molecule has 0 spiro atoms. The third-order valence-corrected chi connectivity index (χ3v) is 4.81. The van der Waals surface area contributed by atoms with Gasteiger partial charge in [-0.1, -0.05) is 0 Å². The smallest absolute Gasteiger partial charge is 0.338 e. The number of alkyl halides is 3. The van der Waals surface area contributed by atoms with Crippen molar-refractivity contribution in [2.45, 2.75) is 18.5 Å². The van der Waals surface area contributed by atoms with Crippen LogP contribution in [0.5, 0.6) is 0 Å². The quantitative estimate of drug-likeness (QED) is 0.702. The molecule has 0 bridgehead atoms. The molecule has 1 N–H and O–H groups in total. The molecule has 1 fully saturated rings. The van der Waals surface area contributed by atoms with E-state index in [2.05, 4.69) is 25.3 Å². The number of amides is 1. The van der Waals surface area contributed by atoms with Gasteiger partial charge in [0.05, 0.1) is 16.8 Å². The fourth-order valence-electron chi connectivity index (χ4n) is 3.31. The van der Waals surface area contributed by atoms with Crippen LogP contribution in [0.15, 0.2) is 55.1 Å². The normalized spacial score (nSPS) is 16.5. The number of halogens is 3. The summed E-state index contributed by atoms with van der Waals surface area (Å²) < 4.78 is 38.6. The second kappa shape index (κ2) is 8.05. The number of rotatable bonds is 4. The Morgan fingerprint density at radius 3 is 2.73 bits per heavy atom. The summed E-state index contributed by atoms with van der Waals surface area (Å²) in [6.45, 7) is 1.08. The molecule has 0 radical (unpaired) electrons. The fourth-order valence-corrected chi connectivity index (χ4v) is 3.31. The Labute approximate surface area is 170 Å². The highest BCUT2D eigenvalue weighted by molar-refractivity contribution is 5.94. The molecule has 3 aromatic heterocycles. The number of anilines is 2. The number of nitrogens with zero attached hydrogens (tertiary/aromatic N) is 5. The van der Waals surface area contributed by atoms with Gasteiger partial charge in [-0.2, -0.15) is 13.2 Å². The monoisotopic (exact) mass is 414 g/mol. The van der Waals surface area contributed by atoms with E-state index in [0.29, 0.717) is 24.3 Å². The van der Waals surface area contributed by atoms with E-state index in [1.54, 1.807) is 29.3 Å². The van der Waals surface area contributed by atoms with E-state index >= 15 is 0 Å². The average Bonchev–Trinajstić information content (AvgIpc) is 3.24. The van der Waals surface area contributed by atoms with Gasteiger partial charge in [-0.15, -0.1) is 0 Å². The van der Waals surface area contributed by atoms with E-state index in [0.717, 1.165) is 24.8 Å². The molecule has 1 amide bonds. The minimum atomic E-state index is -4.46. The zero-order valence-electron chi connectivity index (χ0n) is 15.7. The first kappa shape index (κ1) is 19.7. The largest absolute Gasteiger partial charge is 0.416 e. The van der Waals surface area contributed by atoms with E-state index in [9.17, 15) is 18.0 Å². The highest BCUT2D eigenvalue weighted by Crippen LogP contribution is 2.31. The molecule has 0 aliphatic carbocycles. The van der Waals surface area contributed by atoms with E-state index < -0.39 is 11.7 Å². The molecule has 0 unspecified atom stereocenters. The van der Waals surface area contributed by atoms with Gasteiger partial charge in [0.25, 0.3) is 5.91 Å². The Balaban J connectivity index is 1.46. The topological polar surface area (TPSA) is 83.9 Å². The van der Waals surface area contributed by atoms with Gasteiger partial charge < -0.3 is 10.2 Å². The molecule has 1 aliphatic rings. The summed E-state index contributed by atoms with van der Waals surface area (Å²) in [4.78, 5) is 30.7. The molecule has 4 rings (SSSR count). The summed E-state index contributed by atoms with van der Waals surface area (Å²) in [7, 11) is 0. The number of pyridine rings is 2. The van der Waals surface area contributed by atoms with Crippen LogP contribution in [-0.2, 0) is 6.18 Å². The van der Waals surface area contributed by atoms with Gasteiger partial charge in [-0.3, -0.25) is 9.78 Å². The van der Waals surface area contributed by atoms with Crippen molar-refractivity contribution in [3.63, 3.8) is 0 Å². The maximum atomic E-state index is 12.9. The van der Waals surface area contributed by atoms with Crippen molar-refractivity contribution in [1.82, 2.24) is 24.8 Å². The molecule has 0 aromatic carbocycles. The Bertz CT molecular complexity index is 1040. The highest BCUT2D eigenvalue weighted by Gasteiger charge is 2.31. The lowest BCUT2D eigenvalue weighted by atomic mass is 10.1. The van der Waals surface area contributed by atoms with Crippen LogP contribution in [0.2, 0.25) is 0 Å². The maximum absolute atomic E-state index is 12.9.